The zero-order valence-corrected chi connectivity index (χ0v) is 9.38. The van der Waals surface area contributed by atoms with E-state index >= 15 is 0 Å². The molecule has 1 saturated heterocycles. The fraction of sp³-hybridized carbons (Fsp3) is 0.800. The average Bonchev–Trinajstić information content (AvgIpc) is 2.05. The van der Waals surface area contributed by atoms with Crippen LogP contribution in [-0.4, -0.2) is 16.1 Å². The van der Waals surface area contributed by atoms with E-state index in [0.29, 0.717) is 0 Å². The first kappa shape index (κ1) is 10.3. The van der Waals surface area contributed by atoms with E-state index in [-0.39, 0.29) is 0 Å². The smallest absolute Gasteiger partial charge is 0.0395 e. The predicted octanol–water partition coefficient (Wildman–Crippen LogP) is 3.09. The molecular formula is C10H16S2. The number of hydrogen-bond acceptors (Lipinski definition) is 2. The second-order valence-electron chi connectivity index (χ2n) is 3.53. The van der Waals surface area contributed by atoms with Crippen molar-refractivity contribution in [1.29, 1.82) is 0 Å². The molecule has 1 fully saturated rings. The third-order valence-electron chi connectivity index (χ3n) is 2.18. The third kappa shape index (κ3) is 2.64. The van der Waals surface area contributed by atoms with Crippen molar-refractivity contribution < 1.29 is 0 Å². The van der Waals surface area contributed by atoms with Crippen LogP contribution in [-0.2, 0) is 0 Å². The molecule has 2 unspecified atom stereocenters. The normalized spacial score (nSPS) is 30.2. The maximum Gasteiger partial charge on any atom is 0.0395 e. The molecule has 12 heavy (non-hydrogen) atoms. The summed E-state index contributed by atoms with van der Waals surface area (Å²) in [6, 6.07) is 0. The molecule has 0 nitrogen and oxygen atoms in total. The minimum Gasteiger partial charge on any atom is -0.151 e. The summed E-state index contributed by atoms with van der Waals surface area (Å²) in [5.74, 6) is 5.58. The summed E-state index contributed by atoms with van der Waals surface area (Å²) in [6.45, 7) is 4.61. The molecule has 1 heterocycles. The summed E-state index contributed by atoms with van der Waals surface area (Å²) in [6.07, 6.45) is 6.31. The summed E-state index contributed by atoms with van der Waals surface area (Å²) < 4.78 is 0. The molecule has 0 bridgehead atoms. The lowest BCUT2D eigenvalue weighted by Gasteiger charge is -2.32. The van der Waals surface area contributed by atoms with Crippen LogP contribution < -0.4 is 0 Å². The van der Waals surface area contributed by atoms with Crippen molar-refractivity contribution in [2.45, 2.75) is 25.5 Å². The second kappa shape index (κ2) is 5.09. The lowest BCUT2D eigenvalue weighted by molar-refractivity contribution is 0.469. The molecule has 0 aliphatic carbocycles. The van der Waals surface area contributed by atoms with E-state index in [9.17, 15) is 0 Å². The summed E-state index contributed by atoms with van der Waals surface area (Å²) in [4.78, 5) is 0. The highest BCUT2D eigenvalue weighted by molar-refractivity contribution is 8.16. The number of rotatable bonds is 2. The van der Waals surface area contributed by atoms with Crippen molar-refractivity contribution in [1.82, 2.24) is 0 Å². The Hall–Kier alpha value is 0.260. The van der Waals surface area contributed by atoms with Gasteiger partial charge in [-0.05, 0) is 17.6 Å². The largest absolute Gasteiger partial charge is 0.151 e. The Morgan fingerprint density at radius 1 is 1.58 bits per heavy atom. The van der Waals surface area contributed by atoms with Gasteiger partial charge in [-0.1, -0.05) is 13.8 Å². The number of hydrogen-bond donors (Lipinski definition) is 0. The lowest BCUT2D eigenvalue weighted by atomic mass is 9.95. The van der Waals surface area contributed by atoms with Crippen molar-refractivity contribution in [3.05, 3.63) is 0 Å². The standard InChI is InChI=1S/C10H16S2/c1-4-5-9-6-11-7-12-10(9)8(2)3/h1,8-10H,5-7H2,2-3H3. The van der Waals surface area contributed by atoms with Gasteiger partial charge in [-0.3, -0.25) is 0 Å². The minimum atomic E-state index is 0.749. The lowest BCUT2D eigenvalue weighted by Crippen LogP contribution is -2.28. The summed E-state index contributed by atoms with van der Waals surface area (Å²) in [5, 5.41) is 2.05. The van der Waals surface area contributed by atoms with Crippen LogP contribution in [0.4, 0.5) is 0 Å². The van der Waals surface area contributed by atoms with E-state index < -0.39 is 0 Å². The maximum atomic E-state index is 5.35. The molecule has 2 atom stereocenters. The fourth-order valence-corrected chi connectivity index (χ4v) is 4.62. The Labute approximate surface area is 84.3 Å². The Balaban J connectivity index is 2.49. The van der Waals surface area contributed by atoms with E-state index in [1.54, 1.807) is 0 Å². The van der Waals surface area contributed by atoms with Gasteiger partial charge in [-0.25, -0.2) is 0 Å². The SMILES string of the molecule is C#CCC1CSCSC1C(C)C. The van der Waals surface area contributed by atoms with Gasteiger partial charge in [0.25, 0.3) is 0 Å². The van der Waals surface area contributed by atoms with Crippen LogP contribution in [0.15, 0.2) is 0 Å². The van der Waals surface area contributed by atoms with Crippen LogP contribution in [0.2, 0.25) is 0 Å². The zero-order valence-electron chi connectivity index (χ0n) is 7.75. The molecule has 0 aromatic carbocycles. The molecule has 0 spiro atoms. The quantitative estimate of drug-likeness (QED) is 0.628. The van der Waals surface area contributed by atoms with Crippen LogP contribution in [0, 0.1) is 24.2 Å². The Morgan fingerprint density at radius 3 is 2.92 bits per heavy atom. The molecule has 2 heteroatoms. The highest BCUT2D eigenvalue weighted by Crippen LogP contribution is 2.38. The molecule has 0 aromatic rings. The van der Waals surface area contributed by atoms with Gasteiger partial charge in [0.05, 0.1) is 0 Å². The molecule has 0 aromatic heterocycles. The first-order valence-corrected chi connectivity index (χ1v) is 6.59. The Bertz CT molecular complexity index is 169. The van der Waals surface area contributed by atoms with Gasteiger partial charge in [-0.15, -0.1) is 24.1 Å². The highest BCUT2D eigenvalue weighted by atomic mass is 32.2. The Kier molecular flexibility index (Phi) is 4.39. The van der Waals surface area contributed by atoms with Gasteiger partial charge in [0.2, 0.25) is 0 Å². The highest BCUT2D eigenvalue weighted by Gasteiger charge is 2.27. The molecule has 68 valence electrons. The summed E-state index contributed by atoms with van der Waals surface area (Å²) in [7, 11) is 0. The van der Waals surface area contributed by atoms with E-state index in [2.05, 4.69) is 31.5 Å². The van der Waals surface area contributed by atoms with Crippen molar-refractivity contribution in [3.8, 4) is 12.3 Å². The van der Waals surface area contributed by atoms with E-state index in [0.717, 1.165) is 23.5 Å². The predicted molar refractivity (Wildman–Crippen MR) is 60.5 cm³/mol. The second-order valence-corrected chi connectivity index (χ2v) is 6.09. The zero-order chi connectivity index (χ0) is 8.97. The van der Waals surface area contributed by atoms with Crippen LogP contribution in [0.5, 0.6) is 0 Å². The Morgan fingerprint density at radius 2 is 2.33 bits per heavy atom. The minimum absolute atomic E-state index is 0.749. The van der Waals surface area contributed by atoms with Gasteiger partial charge in [0.1, 0.15) is 0 Å². The van der Waals surface area contributed by atoms with Gasteiger partial charge in [0.15, 0.2) is 0 Å². The van der Waals surface area contributed by atoms with Crippen molar-refractivity contribution in [2.75, 3.05) is 10.8 Å². The van der Waals surface area contributed by atoms with Gasteiger partial charge < -0.3 is 0 Å². The maximum absolute atomic E-state index is 5.35. The molecule has 0 saturated carbocycles. The molecule has 0 N–H and O–H groups in total. The average molecular weight is 200 g/mol. The van der Waals surface area contributed by atoms with Crippen LogP contribution >= 0.6 is 23.5 Å². The first-order chi connectivity index (χ1) is 5.75. The molecule has 1 aliphatic heterocycles. The van der Waals surface area contributed by atoms with Gasteiger partial charge in [0, 0.05) is 16.8 Å². The van der Waals surface area contributed by atoms with Crippen LogP contribution in [0.1, 0.15) is 20.3 Å². The first-order valence-electron chi connectivity index (χ1n) is 4.38. The van der Waals surface area contributed by atoms with E-state index in [1.165, 1.54) is 10.8 Å². The van der Waals surface area contributed by atoms with Gasteiger partial charge >= 0.3 is 0 Å². The molecule has 1 rings (SSSR count). The summed E-state index contributed by atoms with van der Waals surface area (Å²) in [5.41, 5.74) is 0. The molecule has 0 radical (unpaired) electrons. The van der Waals surface area contributed by atoms with Gasteiger partial charge in [-0.2, -0.15) is 11.8 Å². The van der Waals surface area contributed by atoms with Crippen LogP contribution in [0.25, 0.3) is 0 Å². The van der Waals surface area contributed by atoms with Crippen molar-refractivity contribution in [2.24, 2.45) is 11.8 Å². The van der Waals surface area contributed by atoms with Crippen LogP contribution in [0.3, 0.4) is 0 Å². The fourth-order valence-electron chi connectivity index (χ4n) is 1.62. The van der Waals surface area contributed by atoms with E-state index in [1.807, 2.05) is 11.8 Å². The van der Waals surface area contributed by atoms with E-state index in [4.69, 9.17) is 6.42 Å². The molecule has 1 aliphatic rings. The third-order valence-corrected chi connectivity index (χ3v) is 5.37. The van der Waals surface area contributed by atoms with Crippen molar-refractivity contribution >= 4 is 23.5 Å². The monoisotopic (exact) mass is 200 g/mol. The molecule has 0 amide bonds. The summed E-state index contributed by atoms with van der Waals surface area (Å²) >= 11 is 4.12. The topological polar surface area (TPSA) is 0 Å². The molecular weight excluding hydrogens is 184 g/mol. The van der Waals surface area contributed by atoms with Crippen molar-refractivity contribution in [3.63, 3.8) is 0 Å². The number of terminal acetylenes is 1. The number of thioether (sulfide) groups is 2.